The molecule has 5 rings (SSSR count). The number of phenolic OH excluding ortho intramolecular Hbond substituents is 1. The van der Waals surface area contributed by atoms with Gasteiger partial charge in [-0.25, -0.2) is 0 Å². The van der Waals surface area contributed by atoms with Crippen LogP contribution in [0, 0.1) is 11.8 Å². The Kier molecular flexibility index (Phi) is 10.7. The molecule has 6 N–H and O–H groups in total. The summed E-state index contributed by atoms with van der Waals surface area (Å²) in [6.07, 6.45) is 4.53. The lowest BCUT2D eigenvalue weighted by Gasteiger charge is -2.39. The van der Waals surface area contributed by atoms with Crippen LogP contribution in [0.4, 0.5) is 0 Å². The van der Waals surface area contributed by atoms with Crippen molar-refractivity contribution in [3.8, 4) is 28.7 Å². The molecule has 0 aromatic heterocycles. The number of nitrogens with one attached hydrogen (secondary N) is 3. The number of aromatic hydroxyl groups is 1. The maximum atomic E-state index is 13.3. The van der Waals surface area contributed by atoms with Crippen molar-refractivity contribution in [2.45, 2.75) is 44.1 Å². The van der Waals surface area contributed by atoms with E-state index in [1.165, 1.54) is 14.2 Å². The molecule has 0 bridgehead atoms. The van der Waals surface area contributed by atoms with Crippen LogP contribution in [-0.2, 0) is 14.3 Å². The quantitative estimate of drug-likeness (QED) is 0.140. The van der Waals surface area contributed by atoms with Gasteiger partial charge in [0.25, 0.3) is 0 Å². The Morgan fingerprint density at radius 2 is 1.52 bits per heavy atom. The number of fused-ring (bicyclic) bond motifs is 3. The van der Waals surface area contributed by atoms with Gasteiger partial charge in [0.05, 0.1) is 32.8 Å². The van der Waals surface area contributed by atoms with Crippen molar-refractivity contribution in [2.75, 3.05) is 60.3 Å². The molecule has 240 valence electrons. The summed E-state index contributed by atoms with van der Waals surface area (Å²) in [5.74, 6) is -0.348. The Morgan fingerprint density at radius 1 is 0.909 bits per heavy atom. The third-order valence-electron chi connectivity index (χ3n) is 8.66. The van der Waals surface area contributed by atoms with Crippen molar-refractivity contribution in [3.05, 3.63) is 41.0 Å². The van der Waals surface area contributed by atoms with E-state index in [0.717, 1.165) is 63.0 Å². The first-order valence-electron chi connectivity index (χ1n) is 15.4. The number of hydrogen-bond donors (Lipinski definition) is 5. The number of benzene rings is 2. The Hall–Kier alpha value is -3.74. The Labute approximate surface area is 257 Å². The molecule has 0 saturated carbocycles. The molecular formula is C32H44N4O8. The van der Waals surface area contributed by atoms with Crippen LogP contribution in [0.5, 0.6) is 28.7 Å². The van der Waals surface area contributed by atoms with Gasteiger partial charge in [-0.3, -0.25) is 9.59 Å². The van der Waals surface area contributed by atoms with Crippen LogP contribution in [0.25, 0.3) is 0 Å². The van der Waals surface area contributed by atoms with E-state index in [2.05, 4.69) is 16.0 Å². The number of phenols is 1. The highest BCUT2D eigenvalue weighted by Gasteiger charge is 2.53. The molecule has 1 amide bonds. The molecule has 4 atom stereocenters. The SMILES string of the molecule is COc1cc(C2c3cc4c(cc3[C@@H](NC(=O)CCNCCCCNCCCCN)C3COC(=O)[C@H]23)OCO4)cc(OC)c1O. The van der Waals surface area contributed by atoms with Crippen molar-refractivity contribution in [1.29, 1.82) is 0 Å². The average molecular weight is 613 g/mol. The van der Waals surface area contributed by atoms with Crippen LogP contribution >= 0.6 is 0 Å². The second kappa shape index (κ2) is 14.8. The molecule has 0 radical (unpaired) electrons. The van der Waals surface area contributed by atoms with Gasteiger partial charge in [-0.2, -0.15) is 0 Å². The molecular weight excluding hydrogens is 568 g/mol. The molecule has 3 aliphatic rings. The summed E-state index contributed by atoms with van der Waals surface area (Å²) in [6, 6.07) is 6.73. The fourth-order valence-electron chi connectivity index (χ4n) is 6.43. The van der Waals surface area contributed by atoms with Crippen LogP contribution in [0.15, 0.2) is 24.3 Å². The lowest BCUT2D eigenvalue weighted by atomic mass is 9.65. The van der Waals surface area contributed by atoms with E-state index in [0.29, 0.717) is 30.0 Å². The minimum absolute atomic E-state index is 0.0890. The number of carbonyl (C=O) groups is 2. The van der Waals surface area contributed by atoms with Gasteiger partial charge >= 0.3 is 5.97 Å². The van der Waals surface area contributed by atoms with E-state index in [4.69, 9.17) is 29.4 Å². The molecule has 2 aromatic carbocycles. The minimum atomic E-state index is -0.589. The molecule has 44 heavy (non-hydrogen) atoms. The van der Waals surface area contributed by atoms with Crippen molar-refractivity contribution < 1.29 is 38.4 Å². The molecule has 1 aliphatic carbocycles. The minimum Gasteiger partial charge on any atom is -0.502 e. The number of esters is 1. The number of cyclic esters (lactones) is 1. The zero-order chi connectivity index (χ0) is 31.1. The molecule has 0 spiro atoms. The normalized spacial score (nSPS) is 21.4. The van der Waals surface area contributed by atoms with Crippen LogP contribution in [0.1, 0.15) is 60.8 Å². The van der Waals surface area contributed by atoms with E-state index in [1.54, 1.807) is 12.1 Å². The molecule has 2 aliphatic heterocycles. The van der Waals surface area contributed by atoms with Gasteiger partial charge in [0.1, 0.15) is 0 Å². The number of hydrogen-bond acceptors (Lipinski definition) is 11. The second-order valence-electron chi connectivity index (χ2n) is 11.4. The summed E-state index contributed by atoms with van der Waals surface area (Å²) in [7, 11) is 2.92. The number of nitrogens with two attached hydrogens (primary N) is 1. The van der Waals surface area contributed by atoms with Crippen LogP contribution < -0.4 is 40.6 Å². The smallest absolute Gasteiger partial charge is 0.310 e. The maximum absolute atomic E-state index is 13.3. The zero-order valence-corrected chi connectivity index (χ0v) is 25.5. The number of methoxy groups -OCH3 is 2. The summed E-state index contributed by atoms with van der Waals surface area (Å²) < 4.78 is 27.9. The van der Waals surface area contributed by atoms with Crippen molar-refractivity contribution in [2.24, 2.45) is 17.6 Å². The van der Waals surface area contributed by atoms with Crippen LogP contribution in [0.2, 0.25) is 0 Å². The summed E-state index contributed by atoms with van der Waals surface area (Å²) >= 11 is 0. The fraction of sp³-hybridized carbons (Fsp3) is 0.562. The molecule has 1 saturated heterocycles. The lowest BCUT2D eigenvalue weighted by Crippen LogP contribution is -2.43. The largest absolute Gasteiger partial charge is 0.502 e. The van der Waals surface area contributed by atoms with E-state index < -0.39 is 17.9 Å². The highest BCUT2D eigenvalue weighted by molar-refractivity contribution is 5.81. The van der Waals surface area contributed by atoms with Crippen LogP contribution in [-0.4, -0.2) is 77.3 Å². The van der Waals surface area contributed by atoms with Crippen molar-refractivity contribution in [3.63, 3.8) is 0 Å². The van der Waals surface area contributed by atoms with Gasteiger partial charge in [0.2, 0.25) is 18.4 Å². The van der Waals surface area contributed by atoms with Gasteiger partial charge < -0.3 is 50.5 Å². The van der Waals surface area contributed by atoms with Gasteiger partial charge in [0, 0.05) is 24.8 Å². The fourth-order valence-corrected chi connectivity index (χ4v) is 6.43. The van der Waals surface area contributed by atoms with Gasteiger partial charge in [-0.15, -0.1) is 0 Å². The maximum Gasteiger partial charge on any atom is 0.310 e. The number of rotatable bonds is 16. The summed E-state index contributed by atoms with van der Waals surface area (Å²) in [6.45, 7) is 4.34. The van der Waals surface area contributed by atoms with E-state index in [-0.39, 0.29) is 48.4 Å². The highest BCUT2D eigenvalue weighted by Crippen LogP contribution is 2.55. The molecule has 2 heterocycles. The molecule has 2 unspecified atom stereocenters. The van der Waals surface area contributed by atoms with E-state index in [9.17, 15) is 14.7 Å². The van der Waals surface area contributed by atoms with Gasteiger partial charge in [-0.1, -0.05) is 0 Å². The Balaban J connectivity index is 1.30. The third kappa shape index (κ3) is 6.82. The average Bonchev–Trinajstić information content (AvgIpc) is 3.65. The number of unbranched alkanes of at least 4 members (excludes halogenated alkanes) is 2. The first-order valence-corrected chi connectivity index (χ1v) is 15.4. The van der Waals surface area contributed by atoms with Crippen LogP contribution in [0.3, 0.4) is 0 Å². The third-order valence-corrected chi connectivity index (χ3v) is 8.66. The molecule has 2 aromatic rings. The second-order valence-corrected chi connectivity index (χ2v) is 11.4. The number of ether oxygens (including phenoxy) is 5. The number of amides is 1. The van der Waals surface area contributed by atoms with Gasteiger partial charge in [0.15, 0.2) is 23.0 Å². The first kappa shape index (κ1) is 31.7. The molecule has 1 fully saturated rings. The van der Waals surface area contributed by atoms with Crippen molar-refractivity contribution in [1.82, 2.24) is 16.0 Å². The zero-order valence-electron chi connectivity index (χ0n) is 25.5. The standard InChI is InChI=1S/C32H44N4O8/c1-40-25-13-19(14-26(41-2)31(25)38)28-20-15-23-24(44-18-43-23)16-21(20)30(22-17-42-32(39)29(22)28)36-27(37)7-12-35-11-6-5-10-34-9-4-3-8-33/h13-16,22,28-30,34-35,38H,3-12,17-18,33H2,1-2H3,(H,36,37)/t22?,28?,29-,30+/m0/s1. The predicted molar refractivity (Wildman–Crippen MR) is 162 cm³/mol. The monoisotopic (exact) mass is 612 g/mol. The first-order chi connectivity index (χ1) is 21.5. The molecule has 12 nitrogen and oxygen atoms in total. The summed E-state index contributed by atoms with van der Waals surface area (Å²) in [5, 5.41) is 20.5. The summed E-state index contributed by atoms with van der Waals surface area (Å²) in [4.78, 5) is 26.5. The van der Waals surface area contributed by atoms with Crippen molar-refractivity contribution >= 4 is 11.9 Å². The van der Waals surface area contributed by atoms with Gasteiger partial charge in [-0.05, 0) is 92.8 Å². The lowest BCUT2D eigenvalue weighted by molar-refractivity contribution is -0.141. The predicted octanol–water partition coefficient (Wildman–Crippen LogP) is 2.32. The topological polar surface area (TPSA) is 163 Å². The summed E-state index contributed by atoms with van der Waals surface area (Å²) in [5.41, 5.74) is 7.88. The van der Waals surface area contributed by atoms with E-state index >= 15 is 0 Å². The highest BCUT2D eigenvalue weighted by atomic mass is 16.7. The Bertz CT molecular complexity index is 1300. The number of carbonyl (C=O) groups excluding carboxylic acids is 2. The molecule has 12 heteroatoms. The Morgan fingerprint density at radius 3 is 2.16 bits per heavy atom. The van der Waals surface area contributed by atoms with E-state index in [1.807, 2.05) is 12.1 Å².